The molecular weight excluding hydrogens is 490 g/mol. The highest BCUT2D eigenvalue weighted by molar-refractivity contribution is 9.10. The Morgan fingerprint density at radius 3 is 2.93 bits per heavy atom. The third kappa shape index (κ3) is 3.90. The van der Waals surface area contributed by atoms with E-state index in [1.54, 1.807) is 18.4 Å². The second-order valence-corrected chi connectivity index (χ2v) is 8.92. The summed E-state index contributed by atoms with van der Waals surface area (Å²) in [5.41, 5.74) is 2.68. The summed E-state index contributed by atoms with van der Waals surface area (Å²) in [6.45, 7) is 0.227. The molecule has 0 amide bonds. The van der Waals surface area contributed by atoms with Crippen LogP contribution < -0.4 is 14.2 Å². The maximum absolute atomic E-state index is 5.79. The second-order valence-electron chi connectivity index (χ2n) is 6.22. The van der Waals surface area contributed by atoms with Crippen molar-refractivity contribution < 1.29 is 18.6 Å². The van der Waals surface area contributed by atoms with E-state index in [-0.39, 0.29) is 6.79 Å². The topological polar surface area (TPSA) is 79.5 Å². The van der Waals surface area contributed by atoms with Crippen molar-refractivity contribution in [2.24, 2.45) is 0 Å². The Balaban J connectivity index is 1.28. The summed E-state index contributed by atoms with van der Waals surface area (Å²) in [4.78, 5) is 4.73. The highest BCUT2D eigenvalue weighted by atomic mass is 79.9. The number of benzene rings is 2. The molecule has 2 aromatic heterocycles. The Kier molecular flexibility index (Phi) is 5.36. The van der Waals surface area contributed by atoms with E-state index in [9.17, 15) is 0 Å². The number of hydrogen-bond donors (Lipinski definition) is 0. The third-order valence-electron chi connectivity index (χ3n) is 4.31. The lowest BCUT2D eigenvalue weighted by Gasteiger charge is -2.06. The third-order valence-corrected chi connectivity index (χ3v) is 6.58. The van der Waals surface area contributed by atoms with Gasteiger partial charge >= 0.3 is 0 Å². The first kappa shape index (κ1) is 19.4. The van der Waals surface area contributed by atoms with E-state index in [0.717, 1.165) is 32.1 Å². The van der Waals surface area contributed by atoms with Gasteiger partial charge in [-0.3, -0.25) is 0 Å². The van der Waals surface area contributed by atoms with E-state index in [2.05, 4.69) is 26.1 Å². The van der Waals surface area contributed by atoms with E-state index < -0.39 is 0 Å². The highest BCUT2D eigenvalue weighted by Gasteiger charge is 2.17. The van der Waals surface area contributed by atoms with Crippen molar-refractivity contribution in [1.29, 1.82) is 0 Å². The molecule has 0 N–H and O–H groups in total. The van der Waals surface area contributed by atoms with Gasteiger partial charge in [-0.1, -0.05) is 27.7 Å². The molecule has 4 aromatic rings. The van der Waals surface area contributed by atoms with Gasteiger partial charge in [0.25, 0.3) is 5.22 Å². The standard InChI is InChI=1S/C20H14BrN3O4S2/c1-25-15-5-3-12(21)7-14(15)19-22-13(8-29-19)9-30-20-24-23-18(28-20)11-2-4-16-17(6-11)27-10-26-16/h2-8H,9-10H2,1H3. The Morgan fingerprint density at radius 1 is 1.13 bits per heavy atom. The van der Waals surface area contributed by atoms with Crippen molar-refractivity contribution in [3.8, 4) is 39.3 Å². The lowest BCUT2D eigenvalue weighted by molar-refractivity contribution is 0.174. The van der Waals surface area contributed by atoms with Crippen molar-refractivity contribution in [2.75, 3.05) is 13.9 Å². The first-order valence-electron chi connectivity index (χ1n) is 8.84. The molecular formula is C20H14BrN3O4S2. The molecule has 30 heavy (non-hydrogen) atoms. The zero-order valence-corrected chi connectivity index (χ0v) is 18.8. The molecule has 5 rings (SSSR count). The predicted octanol–water partition coefficient (Wildman–Crippen LogP) is 5.65. The van der Waals surface area contributed by atoms with E-state index in [0.29, 0.717) is 28.4 Å². The normalized spacial score (nSPS) is 12.3. The maximum Gasteiger partial charge on any atom is 0.277 e. The van der Waals surface area contributed by atoms with Crippen LogP contribution in [0.3, 0.4) is 0 Å². The summed E-state index contributed by atoms with van der Waals surface area (Å²) >= 11 is 6.52. The minimum absolute atomic E-state index is 0.227. The van der Waals surface area contributed by atoms with E-state index in [1.165, 1.54) is 11.8 Å². The summed E-state index contributed by atoms with van der Waals surface area (Å²) in [5, 5.41) is 11.7. The number of rotatable bonds is 6. The van der Waals surface area contributed by atoms with E-state index in [4.69, 9.17) is 23.6 Å². The second kappa shape index (κ2) is 8.29. The molecule has 0 bridgehead atoms. The number of halogens is 1. The van der Waals surface area contributed by atoms with Crippen LogP contribution in [0.2, 0.25) is 0 Å². The van der Waals surface area contributed by atoms with Crippen molar-refractivity contribution in [3.05, 3.63) is 51.9 Å². The van der Waals surface area contributed by atoms with Crippen LogP contribution in [0, 0.1) is 0 Å². The van der Waals surface area contributed by atoms with Crippen LogP contribution in [0.1, 0.15) is 5.69 Å². The monoisotopic (exact) mass is 503 g/mol. The van der Waals surface area contributed by atoms with Gasteiger partial charge in [-0.15, -0.1) is 21.5 Å². The fraction of sp³-hybridized carbons (Fsp3) is 0.150. The smallest absolute Gasteiger partial charge is 0.277 e. The molecule has 152 valence electrons. The number of thiazole rings is 1. The first-order valence-corrected chi connectivity index (χ1v) is 11.5. The Hall–Kier alpha value is -2.56. The van der Waals surface area contributed by atoms with Crippen molar-refractivity contribution in [1.82, 2.24) is 15.2 Å². The summed E-state index contributed by atoms with van der Waals surface area (Å²) in [6.07, 6.45) is 0. The fourth-order valence-electron chi connectivity index (χ4n) is 2.89. The SMILES string of the molecule is COc1ccc(Br)cc1-c1nc(CSc2nnc(-c3ccc4c(c3)OCO4)o2)cs1. The number of ether oxygens (including phenoxy) is 3. The Morgan fingerprint density at radius 2 is 2.03 bits per heavy atom. The van der Waals surface area contributed by atoms with Gasteiger partial charge in [0.05, 0.1) is 18.4 Å². The predicted molar refractivity (Wildman–Crippen MR) is 117 cm³/mol. The molecule has 0 spiro atoms. The average molecular weight is 504 g/mol. The summed E-state index contributed by atoms with van der Waals surface area (Å²) in [5.74, 6) is 3.24. The van der Waals surface area contributed by atoms with Crippen molar-refractivity contribution in [3.63, 3.8) is 0 Å². The molecule has 0 radical (unpaired) electrons. The van der Waals surface area contributed by atoms with Gasteiger partial charge in [-0.05, 0) is 36.4 Å². The van der Waals surface area contributed by atoms with Gasteiger partial charge in [0.2, 0.25) is 12.7 Å². The average Bonchev–Trinajstić information content (AvgIpc) is 3.52. The van der Waals surface area contributed by atoms with Gasteiger partial charge < -0.3 is 18.6 Å². The summed E-state index contributed by atoms with van der Waals surface area (Å²) < 4.78 is 22.9. The minimum atomic E-state index is 0.227. The van der Waals surface area contributed by atoms with Gasteiger partial charge in [0.1, 0.15) is 10.8 Å². The zero-order valence-electron chi connectivity index (χ0n) is 15.6. The Bertz CT molecular complexity index is 1210. The molecule has 7 nitrogen and oxygen atoms in total. The Labute approximate surface area is 188 Å². The molecule has 0 aliphatic carbocycles. The lowest BCUT2D eigenvalue weighted by Crippen LogP contribution is -1.92. The number of methoxy groups -OCH3 is 1. The van der Waals surface area contributed by atoms with Gasteiger partial charge in [-0.25, -0.2) is 4.98 Å². The lowest BCUT2D eigenvalue weighted by atomic mass is 10.2. The largest absolute Gasteiger partial charge is 0.496 e. The van der Waals surface area contributed by atoms with Crippen LogP contribution in [0.4, 0.5) is 0 Å². The molecule has 1 aliphatic rings. The maximum atomic E-state index is 5.79. The van der Waals surface area contributed by atoms with Gasteiger partial charge in [-0.2, -0.15) is 0 Å². The van der Waals surface area contributed by atoms with Crippen LogP contribution in [0.15, 0.2) is 55.9 Å². The molecule has 10 heteroatoms. The highest BCUT2D eigenvalue weighted by Crippen LogP contribution is 2.37. The first-order chi connectivity index (χ1) is 14.7. The van der Waals surface area contributed by atoms with Crippen LogP contribution in [0.5, 0.6) is 17.2 Å². The van der Waals surface area contributed by atoms with Crippen molar-refractivity contribution in [2.45, 2.75) is 11.0 Å². The van der Waals surface area contributed by atoms with Crippen molar-refractivity contribution >= 4 is 39.0 Å². The number of thioether (sulfide) groups is 1. The molecule has 0 saturated carbocycles. The van der Waals surface area contributed by atoms with Gasteiger partial charge in [0, 0.05) is 21.2 Å². The number of aromatic nitrogens is 3. The van der Waals surface area contributed by atoms with E-state index in [1.807, 2.05) is 41.8 Å². The van der Waals surface area contributed by atoms with Crippen LogP contribution in [-0.4, -0.2) is 29.1 Å². The summed E-state index contributed by atoms with van der Waals surface area (Å²) in [7, 11) is 1.66. The fourth-order valence-corrected chi connectivity index (χ4v) is 4.86. The molecule has 3 heterocycles. The summed E-state index contributed by atoms with van der Waals surface area (Å²) in [6, 6.07) is 11.4. The molecule has 0 fully saturated rings. The number of hydrogen-bond acceptors (Lipinski definition) is 9. The van der Waals surface area contributed by atoms with Gasteiger partial charge in [0.15, 0.2) is 11.5 Å². The van der Waals surface area contributed by atoms with Crippen LogP contribution >= 0.6 is 39.0 Å². The molecule has 0 unspecified atom stereocenters. The molecule has 2 aromatic carbocycles. The quantitative estimate of drug-likeness (QED) is 0.312. The number of nitrogens with zero attached hydrogens (tertiary/aromatic N) is 3. The molecule has 1 aliphatic heterocycles. The zero-order chi connectivity index (χ0) is 20.5. The molecule has 0 atom stereocenters. The molecule has 0 saturated heterocycles. The minimum Gasteiger partial charge on any atom is -0.496 e. The van der Waals surface area contributed by atoms with Crippen LogP contribution in [0.25, 0.3) is 22.0 Å². The van der Waals surface area contributed by atoms with Crippen LogP contribution in [-0.2, 0) is 5.75 Å². The number of fused-ring (bicyclic) bond motifs is 1. The van der Waals surface area contributed by atoms with E-state index >= 15 is 0 Å².